The molecule has 28 heavy (non-hydrogen) atoms. The van der Waals surface area contributed by atoms with Crippen molar-refractivity contribution in [2.24, 2.45) is 0 Å². The Kier molecular flexibility index (Phi) is 5.67. The Labute approximate surface area is 162 Å². The number of hydrogen-bond donors (Lipinski definition) is 1. The molecule has 2 aromatic rings. The number of nitrogens with one attached hydrogen (secondary N) is 1. The van der Waals surface area contributed by atoms with Gasteiger partial charge < -0.3 is 15.1 Å². The molecule has 1 aliphatic rings. The number of aldehydes is 1. The van der Waals surface area contributed by atoms with Gasteiger partial charge >= 0.3 is 0 Å². The molecule has 2 heterocycles. The summed E-state index contributed by atoms with van der Waals surface area (Å²) in [5.41, 5.74) is 0.576. The average Bonchev–Trinajstić information content (AvgIpc) is 3.16. The Morgan fingerprint density at radius 3 is 2.79 bits per heavy atom. The first-order valence-corrected chi connectivity index (χ1v) is 8.88. The minimum absolute atomic E-state index is 0.119. The van der Waals surface area contributed by atoms with E-state index in [0.29, 0.717) is 37.2 Å². The van der Waals surface area contributed by atoms with Crippen LogP contribution < -0.4 is 5.32 Å². The van der Waals surface area contributed by atoms with Gasteiger partial charge in [-0.25, -0.2) is 9.37 Å². The van der Waals surface area contributed by atoms with E-state index in [-0.39, 0.29) is 23.1 Å². The van der Waals surface area contributed by atoms with Crippen LogP contribution in [0.1, 0.15) is 37.5 Å². The van der Waals surface area contributed by atoms with Crippen LogP contribution in [0, 0.1) is 5.82 Å². The van der Waals surface area contributed by atoms with Gasteiger partial charge in [0, 0.05) is 45.0 Å². The molecule has 8 heteroatoms. The van der Waals surface area contributed by atoms with Crippen LogP contribution in [0.3, 0.4) is 0 Å². The van der Waals surface area contributed by atoms with Gasteiger partial charge in [-0.2, -0.15) is 0 Å². The van der Waals surface area contributed by atoms with E-state index < -0.39 is 11.7 Å². The first-order valence-electron chi connectivity index (χ1n) is 8.88. The summed E-state index contributed by atoms with van der Waals surface area (Å²) in [4.78, 5) is 43.1. The number of pyridine rings is 1. The lowest BCUT2D eigenvalue weighted by Gasteiger charge is -2.19. The Bertz CT molecular complexity index is 916. The van der Waals surface area contributed by atoms with Gasteiger partial charge in [0.25, 0.3) is 11.8 Å². The van der Waals surface area contributed by atoms with E-state index in [1.165, 1.54) is 21.9 Å². The van der Waals surface area contributed by atoms with Crippen molar-refractivity contribution >= 4 is 23.9 Å². The number of carbonyl (C=O) groups excluding carboxylic acids is 3. The normalized spacial score (nSPS) is 16.0. The maximum atomic E-state index is 14.0. The van der Waals surface area contributed by atoms with Crippen molar-refractivity contribution in [3.05, 3.63) is 59.0 Å². The fraction of sp³-hybridized carbons (Fsp3) is 0.300. The van der Waals surface area contributed by atoms with Gasteiger partial charge in [0.15, 0.2) is 0 Å². The molecular formula is C20H21FN4O3. The number of amides is 2. The summed E-state index contributed by atoms with van der Waals surface area (Å²) in [7, 11) is 3.33. The first-order chi connectivity index (χ1) is 13.4. The average molecular weight is 384 g/mol. The molecular weight excluding hydrogens is 363 g/mol. The molecule has 2 amide bonds. The lowest BCUT2D eigenvalue weighted by atomic mass is 10.1. The van der Waals surface area contributed by atoms with Gasteiger partial charge in [-0.1, -0.05) is 0 Å². The molecule has 1 atom stereocenters. The van der Waals surface area contributed by atoms with Gasteiger partial charge in [0.05, 0.1) is 11.1 Å². The highest BCUT2D eigenvalue weighted by Crippen LogP contribution is 2.21. The number of benzene rings is 1. The summed E-state index contributed by atoms with van der Waals surface area (Å²) in [6.07, 6.45) is 2.80. The Morgan fingerprint density at radius 1 is 1.29 bits per heavy atom. The highest BCUT2D eigenvalue weighted by Gasteiger charge is 2.29. The molecule has 1 aromatic carbocycles. The van der Waals surface area contributed by atoms with Crippen molar-refractivity contribution in [3.63, 3.8) is 0 Å². The highest BCUT2D eigenvalue weighted by molar-refractivity contribution is 5.98. The minimum atomic E-state index is -0.657. The van der Waals surface area contributed by atoms with Crippen LogP contribution in [0.5, 0.6) is 0 Å². The molecule has 1 N–H and O–H groups in total. The SMILES string of the molecule is CN(C)C(=O)c1cccnc1N[C@@H]1CCN(C(=O)c2cc(C=O)ccc2F)C1. The fourth-order valence-electron chi connectivity index (χ4n) is 3.14. The molecule has 0 aliphatic carbocycles. The van der Waals surface area contributed by atoms with E-state index in [1.807, 2.05) is 0 Å². The molecule has 1 aliphatic heterocycles. The lowest BCUT2D eigenvalue weighted by Crippen LogP contribution is -2.33. The molecule has 0 unspecified atom stereocenters. The second-order valence-electron chi connectivity index (χ2n) is 6.84. The quantitative estimate of drug-likeness (QED) is 0.798. The van der Waals surface area contributed by atoms with Gasteiger partial charge in [-0.15, -0.1) is 0 Å². The van der Waals surface area contributed by atoms with E-state index in [4.69, 9.17) is 0 Å². The van der Waals surface area contributed by atoms with Crippen molar-refractivity contribution in [1.82, 2.24) is 14.8 Å². The zero-order chi connectivity index (χ0) is 20.3. The van der Waals surface area contributed by atoms with Gasteiger partial charge in [0.2, 0.25) is 0 Å². The second kappa shape index (κ2) is 8.16. The number of carbonyl (C=O) groups is 3. The minimum Gasteiger partial charge on any atom is -0.365 e. The summed E-state index contributed by atoms with van der Waals surface area (Å²) >= 11 is 0. The van der Waals surface area contributed by atoms with E-state index in [2.05, 4.69) is 10.3 Å². The van der Waals surface area contributed by atoms with Gasteiger partial charge in [-0.3, -0.25) is 14.4 Å². The fourth-order valence-corrected chi connectivity index (χ4v) is 3.14. The van der Waals surface area contributed by atoms with E-state index in [1.54, 1.807) is 32.4 Å². The summed E-state index contributed by atoms with van der Waals surface area (Å²) < 4.78 is 14.0. The summed E-state index contributed by atoms with van der Waals surface area (Å²) in [5.74, 6) is -0.837. The number of likely N-dealkylation sites (tertiary alicyclic amines) is 1. The maximum absolute atomic E-state index is 14.0. The molecule has 0 spiro atoms. The van der Waals surface area contributed by atoms with Crippen LogP contribution >= 0.6 is 0 Å². The monoisotopic (exact) mass is 384 g/mol. The van der Waals surface area contributed by atoms with Gasteiger partial charge in [0.1, 0.15) is 17.9 Å². The predicted molar refractivity (Wildman–Crippen MR) is 102 cm³/mol. The molecule has 0 bridgehead atoms. The molecule has 1 saturated heterocycles. The van der Waals surface area contributed by atoms with Crippen LogP contribution in [-0.2, 0) is 0 Å². The molecule has 1 aromatic heterocycles. The standard InChI is InChI=1S/C20H21FN4O3/c1-24(2)19(27)15-4-3-8-22-18(15)23-14-7-9-25(11-14)20(28)16-10-13(12-26)5-6-17(16)21/h3-6,8,10,12,14H,7,9,11H2,1-2H3,(H,22,23)/t14-/m1/s1. The van der Waals surface area contributed by atoms with Crippen LogP contribution in [0.4, 0.5) is 10.2 Å². The second-order valence-corrected chi connectivity index (χ2v) is 6.84. The first kappa shape index (κ1) is 19.5. The van der Waals surface area contributed by atoms with Crippen molar-refractivity contribution in [2.75, 3.05) is 32.5 Å². The topological polar surface area (TPSA) is 82.6 Å². The van der Waals surface area contributed by atoms with E-state index >= 15 is 0 Å². The largest absolute Gasteiger partial charge is 0.365 e. The van der Waals surface area contributed by atoms with Crippen molar-refractivity contribution in [1.29, 1.82) is 0 Å². The maximum Gasteiger partial charge on any atom is 0.257 e. The number of hydrogen-bond acceptors (Lipinski definition) is 5. The summed E-state index contributed by atoms with van der Waals surface area (Å²) in [6.45, 7) is 0.779. The number of anilines is 1. The third-order valence-electron chi connectivity index (χ3n) is 4.62. The number of aromatic nitrogens is 1. The highest BCUT2D eigenvalue weighted by atomic mass is 19.1. The molecule has 146 valence electrons. The van der Waals surface area contributed by atoms with Crippen LogP contribution in [0.25, 0.3) is 0 Å². The molecule has 0 saturated carbocycles. The third-order valence-corrected chi connectivity index (χ3v) is 4.62. The van der Waals surface area contributed by atoms with Crippen molar-refractivity contribution < 1.29 is 18.8 Å². The lowest BCUT2D eigenvalue weighted by molar-refractivity contribution is 0.0785. The van der Waals surface area contributed by atoms with E-state index in [0.717, 1.165) is 6.07 Å². The Balaban J connectivity index is 1.72. The third kappa shape index (κ3) is 4.00. The number of rotatable bonds is 5. The van der Waals surface area contributed by atoms with Crippen molar-refractivity contribution in [3.8, 4) is 0 Å². The van der Waals surface area contributed by atoms with Gasteiger partial charge in [-0.05, 0) is 36.8 Å². The van der Waals surface area contributed by atoms with Crippen LogP contribution in [0.15, 0.2) is 36.5 Å². The Morgan fingerprint density at radius 2 is 2.07 bits per heavy atom. The number of nitrogens with zero attached hydrogens (tertiary/aromatic N) is 3. The Hall–Kier alpha value is -3.29. The van der Waals surface area contributed by atoms with Crippen LogP contribution in [0.2, 0.25) is 0 Å². The van der Waals surface area contributed by atoms with Crippen molar-refractivity contribution in [2.45, 2.75) is 12.5 Å². The zero-order valence-electron chi connectivity index (χ0n) is 15.7. The predicted octanol–water partition coefficient (Wildman–Crippen LogP) is 2.06. The number of halogens is 1. The molecule has 0 radical (unpaired) electrons. The smallest absolute Gasteiger partial charge is 0.257 e. The summed E-state index contributed by atoms with van der Waals surface area (Å²) in [6, 6.07) is 6.97. The molecule has 1 fully saturated rings. The summed E-state index contributed by atoms with van der Waals surface area (Å²) in [5, 5.41) is 3.22. The van der Waals surface area contributed by atoms with Crippen LogP contribution in [-0.4, -0.2) is 66.1 Å². The zero-order valence-corrected chi connectivity index (χ0v) is 15.7. The molecule has 3 rings (SSSR count). The van der Waals surface area contributed by atoms with E-state index in [9.17, 15) is 18.8 Å². The molecule has 7 nitrogen and oxygen atoms in total.